The summed E-state index contributed by atoms with van der Waals surface area (Å²) in [6.45, 7) is 3.24. The minimum atomic E-state index is 0.376. The van der Waals surface area contributed by atoms with Crippen LogP contribution in [0, 0.1) is 0 Å². The summed E-state index contributed by atoms with van der Waals surface area (Å²) in [4.78, 5) is 0. The predicted octanol–water partition coefficient (Wildman–Crippen LogP) is 2.04. The molecule has 0 aromatic carbocycles. The summed E-state index contributed by atoms with van der Waals surface area (Å²) in [6, 6.07) is 1.15. The van der Waals surface area contributed by atoms with E-state index in [4.69, 9.17) is 5.73 Å². The van der Waals surface area contributed by atoms with Crippen LogP contribution in [0.4, 0.5) is 0 Å². The smallest absolute Gasteiger partial charge is 0.0165 e. The highest BCUT2D eigenvalue weighted by Crippen LogP contribution is 2.17. The van der Waals surface area contributed by atoms with Gasteiger partial charge in [0.05, 0.1) is 0 Å². The van der Waals surface area contributed by atoms with E-state index in [-0.39, 0.29) is 0 Å². The molecule has 3 N–H and O–H groups in total. The Bertz CT molecular complexity index is 119. The fourth-order valence-electron chi connectivity index (χ4n) is 2.02. The third-order valence-electron chi connectivity index (χ3n) is 2.95. The molecule has 2 nitrogen and oxygen atoms in total. The van der Waals surface area contributed by atoms with Crippen molar-refractivity contribution in [1.29, 1.82) is 0 Å². The molecule has 1 rings (SSSR count). The molecule has 0 heterocycles. The lowest BCUT2D eigenvalue weighted by atomic mass is 10.1. The van der Waals surface area contributed by atoms with Crippen LogP contribution in [0.2, 0.25) is 0 Å². The quantitative estimate of drug-likeness (QED) is 0.663. The molecule has 0 amide bonds. The van der Waals surface area contributed by atoms with Crippen molar-refractivity contribution < 1.29 is 0 Å². The number of rotatable bonds is 6. The molecule has 1 aliphatic carbocycles. The highest BCUT2D eigenvalue weighted by atomic mass is 14.9. The maximum Gasteiger partial charge on any atom is 0.0165 e. The number of hydrogen-bond donors (Lipinski definition) is 2. The molecule has 0 radical (unpaired) electrons. The van der Waals surface area contributed by atoms with Gasteiger partial charge in [0.2, 0.25) is 0 Å². The van der Waals surface area contributed by atoms with Crippen LogP contribution in [-0.4, -0.2) is 18.6 Å². The third-order valence-corrected chi connectivity index (χ3v) is 2.95. The number of hydrogen-bond acceptors (Lipinski definition) is 2. The van der Waals surface area contributed by atoms with Gasteiger partial charge in [0, 0.05) is 18.6 Å². The number of unbranched alkanes of at least 4 members (excludes halogenated alkanes) is 1. The summed E-state index contributed by atoms with van der Waals surface area (Å²) in [5, 5.41) is 3.57. The first-order valence-corrected chi connectivity index (χ1v) is 5.82. The molecule has 0 bridgehead atoms. The topological polar surface area (TPSA) is 38.0 Å². The molecule has 1 unspecified atom stereocenters. The molecule has 0 aromatic heterocycles. The van der Waals surface area contributed by atoms with Crippen molar-refractivity contribution >= 4 is 0 Å². The molecule has 1 atom stereocenters. The van der Waals surface area contributed by atoms with Crippen molar-refractivity contribution in [2.24, 2.45) is 5.73 Å². The first-order chi connectivity index (χ1) is 6.33. The van der Waals surface area contributed by atoms with E-state index < -0.39 is 0 Å². The van der Waals surface area contributed by atoms with E-state index in [9.17, 15) is 0 Å². The number of nitrogens with one attached hydrogen (secondary N) is 1. The molecule has 1 fully saturated rings. The Morgan fingerprint density at radius 3 is 2.69 bits per heavy atom. The first-order valence-electron chi connectivity index (χ1n) is 5.82. The van der Waals surface area contributed by atoms with Gasteiger partial charge in [-0.3, -0.25) is 0 Å². The maximum atomic E-state index is 5.98. The van der Waals surface area contributed by atoms with E-state index in [2.05, 4.69) is 12.2 Å². The lowest BCUT2D eigenvalue weighted by Gasteiger charge is -2.16. The molecule has 2 heteroatoms. The van der Waals surface area contributed by atoms with Gasteiger partial charge in [-0.25, -0.2) is 0 Å². The van der Waals surface area contributed by atoms with Crippen LogP contribution in [0.3, 0.4) is 0 Å². The van der Waals surface area contributed by atoms with Gasteiger partial charge in [-0.1, -0.05) is 32.6 Å². The van der Waals surface area contributed by atoms with Gasteiger partial charge >= 0.3 is 0 Å². The maximum absolute atomic E-state index is 5.98. The second-order valence-electron chi connectivity index (χ2n) is 4.29. The molecule has 0 aromatic rings. The fraction of sp³-hybridized carbons (Fsp3) is 1.00. The van der Waals surface area contributed by atoms with Crippen molar-refractivity contribution in [1.82, 2.24) is 5.32 Å². The Hall–Kier alpha value is -0.0800. The van der Waals surface area contributed by atoms with Crippen LogP contribution >= 0.6 is 0 Å². The second-order valence-corrected chi connectivity index (χ2v) is 4.29. The minimum Gasteiger partial charge on any atom is -0.327 e. The van der Waals surface area contributed by atoms with Crippen molar-refractivity contribution in [3.8, 4) is 0 Å². The van der Waals surface area contributed by atoms with Gasteiger partial charge in [-0.05, 0) is 19.3 Å². The summed E-state index contributed by atoms with van der Waals surface area (Å²) < 4.78 is 0. The van der Waals surface area contributed by atoms with Crippen molar-refractivity contribution in [2.45, 2.75) is 64.0 Å². The fourth-order valence-corrected chi connectivity index (χ4v) is 2.02. The van der Waals surface area contributed by atoms with Crippen LogP contribution in [0.1, 0.15) is 51.9 Å². The second kappa shape index (κ2) is 6.39. The molecule has 0 aliphatic heterocycles. The summed E-state index contributed by atoms with van der Waals surface area (Å²) in [7, 11) is 0. The standard InChI is InChI=1S/C11H24N2/c1-2-3-6-10(12)9-13-11-7-4-5-8-11/h10-11,13H,2-9,12H2,1H3. The van der Waals surface area contributed by atoms with Gasteiger partial charge in [-0.2, -0.15) is 0 Å². The Labute approximate surface area is 82.3 Å². The Kier molecular flexibility index (Phi) is 5.40. The Balaban J connectivity index is 1.97. The van der Waals surface area contributed by atoms with E-state index in [1.165, 1.54) is 44.9 Å². The van der Waals surface area contributed by atoms with Crippen LogP contribution in [0.25, 0.3) is 0 Å². The van der Waals surface area contributed by atoms with E-state index in [1.807, 2.05) is 0 Å². The highest BCUT2D eigenvalue weighted by molar-refractivity contribution is 4.76. The van der Waals surface area contributed by atoms with Crippen molar-refractivity contribution in [3.05, 3.63) is 0 Å². The first kappa shape index (κ1) is 11.0. The van der Waals surface area contributed by atoms with Crippen LogP contribution in [-0.2, 0) is 0 Å². The van der Waals surface area contributed by atoms with Crippen molar-refractivity contribution in [2.75, 3.05) is 6.54 Å². The van der Waals surface area contributed by atoms with Gasteiger partial charge in [0.25, 0.3) is 0 Å². The van der Waals surface area contributed by atoms with Gasteiger partial charge in [0.15, 0.2) is 0 Å². The zero-order valence-corrected chi connectivity index (χ0v) is 8.89. The summed E-state index contributed by atoms with van der Waals surface area (Å²) in [5.74, 6) is 0. The summed E-state index contributed by atoms with van der Waals surface area (Å²) in [5.41, 5.74) is 5.98. The normalized spacial score (nSPS) is 20.8. The molecule has 1 aliphatic rings. The average molecular weight is 184 g/mol. The number of nitrogens with two attached hydrogens (primary N) is 1. The van der Waals surface area contributed by atoms with Crippen LogP contribution < -0.4 is 11.1 Å². The zero-order valence-electron chi connectivity index (χ0n) is 8.89. The van der Waals surface area contributed by atoms with E-state index in [0.717, 1.165) is 12.6 Å². The lowest BCUT2D eigenvalue weighted by molar-refractivity contribution is 0.463. The van der Waals surface area contributed by atoms with Gasteiger partial charge in [-0.15, -0.1) is 0 Å². The van der Waals surface area contributed by atoms with E-state index in [1.54, 1.807) is 0 Å². The van der Waals surface area contributed by atoms with Crippen LogP contribution in [0.5, 0.6) is 0 Å². The Morgan fingerprint density at radius 2 is 2.08 bits per heavy atom. The Morgan fingerprint density at radius 1 is 1.38 bits per heavy atom. The SMILES string of the molecule is CCCCC(N)CNC1CCCC1. The molecule has 0 spiro atoms. The van der Waals surface area contributed by atoms with Crippen LogP contribution in [0.15, 0.2) is 0 Å². The van der Waals surface area contributed by atoms with Crippen molar-refractivity contribution in [3.63, 3.8) is 0 Å². The molecular formula is C11H24N2. The van der Waals surface area contributed by atoms with Gasteiger partial charge in [0.1, 0.15) is 0 Å². The van der Waals surface area contributed by atoms with Gasteiger partial charge < -0.3 is 11.1 Å². The zero-order chi connectivity index (χ0) is 9.52. The molecule has 13 heavy (non-hydrogen) atoms. The summed E-state index contributed by atoms with van der Waals surface area (Å²) in [6.07, 6.45) is 9.24. The largest absolute Gasteiger partial charge is 0.327 e. The highest BCUT2D eigenvalue weighted by Gasteiger charge is 2.14. The van der Waals surface area contributed by atoms with E-state index in [0.29, 0.717) is 6.04 Å². The average Bonchev–Trinajstić information content (AvgIpc) is 2.64. The molecule has 1 saturated carbocycles. The molecular weight excluding hydrogens is 160 g/mol. The minimum absolute atomic E-state index is 0.376. The van der Waals surface area contributed by atoms with E-state index >= 15 is 0 Å². The third kappa shape index (κ3) is 4.63. The lowest BCUT2D eigenvalue weighted by Crippen LogP contribution is -2.38. The predicted molar refractivity (Wildman–Crippen MR) is 57.8 cm³/mol. The summed E-state index contributed by atoms with van der Waals surface area (Å²) >= 11 is 0. The molecule has 78 valence electrons. The monoisotopic (exact) mass is 184 g/mol. The molecule has 0 saturated heterocycles.